The van der Waals surface area contributed by atoms with Gasteiger partial charge >= 0.3 is 0 Å². The molecule has 0 bridgehead atoms. The number of carbonyl (C=O) groups excluding carboxylic acids is 1. The third-order valence-corrected chi connectivity index (χ3v) is 4.51. The number of furan rings is 1. The van der Waals surface area contributed by atoms with Crippen LogP contribution in [0, 0.1) is 0 Å². The van der Waals surface area contributed by atoms with Crippen LogP contribution in [-0.4, -0.2) is 10.9 Å². The Bertz CT molecular complexity index is 1040. The van der Waals surface area contributed by atoms with Gasteiger partial charge in [0, 0.05) is 12.7 Å². The Kier molecular flexibility index (Phi) is 5.29. The summed E-state index contributed by atoms with van der Waals surface area (Å²) in [6.45, 7) is 0.456. The molecule has 0 saturated heterocycles. The normalized spacial score (nSPS) is 10.6. The van der Waals surface area contributed by atoms with Gasteiger partial charge in [0.2, 0.25) is 5.91 Å². The van der Waals surface area contributed by atoms with E-state index in [9.17, 15) is 4.79 Å². The van der Waals surface area contributed by atoms with Crippen molar-refractivity contribution in [1.29, 1.82) is 0 Å². The zero-order valence-corrected chi connectivity index (χ0v) is 15.3. The lowest BCUT2D eigenvalue weighted by Gasteiger charge is -2.07. The van der Waals surface area contributed by atoms with Crippen LogP contribution in [0.4, 0.5) is 0 Å². The van der Waals surface area contributed by atoms with Gasteiger partial charge in [0.05, 0.1) is 12.7 Å². The van der Waals surface area contributed by atoms with E-state index in [-0.39, 0.29) is 5.91 Å². The van der Waals surface area contributed by atoms with E-state index < -0.39 is 0 Å². The third kappa shape index (κ3) is 4.35. The fraction of sp³-hybridized carbons (Fsp3) is 0.0833. The van der Waals surface area contributed by atoms with Crippen molar-refractivity contribution in [3.63, 3.8) is 0 Å². The summed E-state index contributed by atoms with van der Waals surface area (Å²) in [4.78, 5) is 16.6. The van der Waals surface area contributed by atoms with Gasteiger partial charge in [-0.2, -0.15) is 0 Å². The number of carbonyl (C=O) groups is 1. The first-order chi connectivity index (χ1) is 13.8. The van der Waals surface area contributed by atoms with Crippen LogP contribution in [0.5, 0.6) is 0 Å². The molecule has 2 aromatic heterocycles. The molecule has 1 amide bonds. The number of nitrogens with one attached hydrogen (secondary N) is 1. The van der Waals surface area contributed by atoms with Crippen LogP contribution < -0.4 is 5.32 Å². The van der Waals surface area contributed by atoms with E-state index in [1.165, 1.54) is 5.56 Å². The Morgan fingerprint density at radius 1 is 0.857 bits per heavy atom. The Balaban J connectivity index is 1.34. The number of benzene rings is 2. The molecule has 0 aliphatic heterocycles. The fourth-order valence-electron chi connectivity index (χ4n) is 3.04. The molecule has 0 saturated carbocycles. The summed E-state index contributed by atoms with van der Waals surface area (Å²) in [5, 5.41) is 2.97. The highest BCUT2D eigenvalue weighted by molar-refractivity contribution is 5.79. The Labute approximate surface area is 163 Å². The van der Waals surface area contributed by atoms with E-state index in [0.29, 0.717) is 18.7 Å². The van der Waals surface area contributed by atoms with Crippen LogP contribution in [0.3, 0.4) is 0 Å². The lowest BCUT2D eigenvalue weighted by molar-refractivity contribution is -0.120. The van der Waals surface area contributed by atoms with Crippen LogP contribution in [0.15, 0.2) is 95.7 Å². The van der Waals surface area contributed by atoms with Crippen molar-refractivity contribution in [3.05, 3.63) is 102 Å². The molecular formula is C24H20N2O2. The topological polar surface area (TPSA) is 55.1 Å². The monoisotopic (exact) mass is 368 g/mol. The van der Waals surface area contributed by atoms with Gasteiger partial charge in [0.15, 0.2) is 5.76 Å². The van der Waals surface area contributed by atoms with Gasteiger partial charge in [-0.3, -0.25) is 9.78 Å². The summed E-state index contributed by atoms with van der Waals surface area (Å²) in [7, 11) is 0. The zero-order valence-electron chi connectivity index (χ0n) is 15.3. The lowest BCUT2D eigenvalue weighted by atomic mass is 10.0. The number of aromatic nitrogens is 1. The summed E-state index contributed by atoms with van der Waals surface area (Å²) in [5.41, 5.74) is 5.04. The molecule has 0 spiro atoms. The van der Waals surface area contributed by atoms with Crippen molar-refractivity contribution in [1.82, 2.24) is 10.3 Å². The summed E-state index contributed by atoms with van der Waals surface area (Å²) in [6, 6.07) is 25.8. The van der Waals surface area contributed by atoms with Crippen molar-refractivity contribution >= 4 is 5.91 Å². The molecule has 0 aliphatic rings. The Morgan fingerprint density at radius 3 is 2.39 bits per heavy atom. The quantitative estimate of drug-likeness (QED) is 0.528. The summed E-state index contributed by atoms with van der Waals surface area (Å²) in [6.07, 6.45) is 3.70. The Morgan fingerprint density at radius 2 is 1.64 bits per heavy atom. The van der Waals surface area contributed by atoms with Crippen LogP contribution in [-0.2, 0) is 17.8 Å². The molecular weight excluding hydrogens is 348 g/mol. The molecule has 2 heterocycles. The first-order valence-corrected chi connectivity index (χ1v) is 9.18. The van der Waals surface area contributed by atoms with Gasteiger partial charge in [-0.05, 0) is 46.5 Å². The SMILES string of the molecule is O=C(Cc1ccc(-c2ccccc2)cc1)NCc1ccnc(-c2ccco2)c1. The van der Waals surface area contributed by atoms with Gasteiger partial charge in [0.1, 0.15) is 5.69 Å². The smallest absolute Gasteiger partial charge is 0.224 e. The fourth-order valence-corrected chi connectivity index (χ4v) is 3.04. The van der Waals surface area contributed by atoms with Crippen molar-refractivity contribution in [2.45, 2.75) is 13.0 Å². The second-order valence-electron chi connectivity index (χ2n) is 6.54. The lowest BCUT2D eigenvalue weighted by Crippen LogP contribution is -2.24. The van der Waals surface area contributed by atoms with Crippen molar-refractivity contribution in [3.8, 4) is 22.6 Å². The van der Waals surface area contributed by atoms with E-state index in [1.54, 1.807) is 12.5 Å². The maximum absolute atomic E-state index is 12.3. The molecule has 0 radical (unpaired) electrons. The summed E-state index contributed by atoms with van der Waals surface area (Å²) < 4.78 is 5.37. The molecule has 4 heteroatoms. The molecule has 0 aliphatic carbocycles. The Hall–Kier alpha value is -3.66. The second kappa shape index (κ2) is 8.35. The minimum atomic E-state index is -0.0104. The van der Waals surface area contributed by atoms with Crippen molar-refractivity contribution in [2.75, 3.05) is 0 Å². The van der Waals surface area contributed by atoms with Crippen LogP contribution >= 0.6 is 0 Å². The van der Waals surface area contributed by atoms with Crippen LogP contribution in [0.2, 0.25) is 0 Å². The number of hydrogen-bond acceptors (Lipinski definition) is 3. The molecule has 138 valence electrons. The number of nitrogens with zero attached hydrogens (tertiary/aromatic N) is 1. The first kappa shape index (κ1) is 17.7. The molecule has 4 nitrogen and oxygen atoms in total. The average molecular weight is 368 g/mol. The van der Waals surface area contributed by atoms with Crippen molar-refractivity contribution in [2.24, 2.45) is 0 Å². The molecule has 4 rings (SSSR count). The highest BCUT2D eigenvalue weighted by Gasteiger charge is 2.07. The minimum absolute atomic E-state index is 0.0104. The largest absolute Gasteiger partial charge is 0.463 e. The molecule has 4 aromatic rings. The van der Waals surface area contributed by atoms with E-state index in [1.807, 2.05) is 54.6 Å². The maximum atomic E-state index is 12.3. The molecule has 0 atom stereocenters. The predicted octanol–water partition coefficient (Wildman–Crippen LogP) is 4.87. The summed E-state index contributed by atoms with van der Waals surface area (Å²) in [5.74, 6) is 0.704. The number of amides is 1. The maximum Gasteiger partial charge on any atom is 0.224 e. The standard InChI is InChI=1S/C24H20N2O2/c27-24(16-18-8-10-21(11-9-18)20-5-2-1-3-6-20)26-17-19-12-13-25-22(15-19)23-7-4-14-28-23/h1-15H,16-17H2,(H,26,27). The molecule has 1 N–H and O–H groups in total. The minimum Gasteiger partial charge on any atom is -0.463 e. The van der Waals surface area contributed by atoms with Crippen LogP contribution in [0.25, 0.3) is 22.6 Å². The molecule has 0 fully saturated rings. The average Bonchev–Trinajstić information content (AvgIpc) is 3.29. The predicted molar refractivity (Wildman–Crippen MR) is 109 cm³/mol. The summed E-state index contributed by atoms with van der Waals surface area (Å²) >= 11 is 0. The first-order valence-electron chi connectivity index (χ1n) is 9.18. The van der Waals surface area contributed by atoms with E-state index in [2.05, 4.69) is 34.6 Å². The van der Waals surface area contributed by atoms with Gasteiger partial charge < -0.3 is 9.73 Å². The zero-order chi connectivity index (χ0) is 19.2. The second-order valence-corrected chi connectivity index (χ2v) is 6.54. The number of rotatable bonds is 6. The highest BCUT2D eigenvalue weighted by Crippen LogP contribution is 2.20. The van der Waals surface area contributed by atoms with Crippen molar-refractivity contribution < 1.29 is 9.21 Å². The van der Waals surface area contributed by atoms with Gasteiger partial charge in [0.25, 0.3) is 0 Å². The molecule has 2 aromatic carbocycles. The molecule has 0 unspecified atom stereocenters. The highest BCUT2D eigenvalue weighted by atomic mass is 16.3. The van der Waals surface area contributed by atoms with E-state index >= 15 is 0 Å². The third-order valence-electron chi connectivity index (χ3n) is 4.51. The van der Waals surface area contributed by atoms with E-state index in [4.69, 9.17) is 4.42 Å². The van der Waals surface area contributed by atoms with E-state index in [0.717, 1.165) is 22.4 Å². The van der Waals surface area contributed by atoms with Gasteiger partial charge in [-0.15, -0.1) is 0 Å². The van der Waals surface area contributed by atoms with Gasteiger partial charge in [-0.25, -0.2) is 0 Å². The number of hydrogen-bond donors (Lipinski definition) is 1. The molecule has 28 heavy (non-hydrogen) atoms. The number of pyridine rings is 1. The van der Waals surface area contributed by atoms with Crippen LogP contribution in [0.1, 0.15) is 11.1 Å². The van der Waals surface area contributed by atoms with Gasteiger partial charge in [-0.1, -0.05) is 54.6 Å².